The SMILES string of the molecule is Cc1ccc(F)c(-c2cc(Nc3ccnc4cn(C[C@H](C)O)nc34)ccn2)n1. The molecule has 0 saturated carbocycles. The first kappa shape index (κ1) is 18.0. The second-order valence-electron chi connectivity index (χ2n) is 6.63. The lowest BCUT2D eigenvalue weighted by Gasteiger charge is -2.09. The van der Waals surface area contributed by atoms with Crippen LogP contribution in [0.1, 0.15) is 12.6 Å². The Labute approximate surface area is 160 Å². The average molecular weight is 378 g/mol. The molecular formula is C20H19FN6O. The summed E-state index contributed by atoms with van der Waals surface area (Å²) in [6.45, 7) is 3.89. The van der Waals surface area contributed by atoms with E-state index in [1.807, 2.05) is 13.0 Å². The first-order valence-corrected chi connectivity index (χ1v) is 8.86. The van der Waals surface area contributed by atoms with Crippen LogP contribution in [0.2, 0.25) is 0 Å². The molecule has 0 spiro atoms. The predicted molar refractivity (Wildman–Crippen MR) is 105 cm³/mol. The average Bonchev–Trinajstić information content (AvgIpc) is 3.07. The molecule has 0 radical (unpaired) electrons. The highest BCUT2D eigenvalue weighted by Gasteiger charge is 2.12. The van der Waals surface area contributed by atoms with E-state index in [2.05, 4.69) is 25.4 Å². The zero-order valence-electron chi connectivity index (χ0n) is 15.5. The third kappa shape index (κ3) is 3.67. The summed E-state index contributed by atoms with van der Waals surface area (Å²) in [5.74, 6) is -0.418. The van der Waals surface area contributed by atoms with E-state index in [-0.39, 0.29) is 5.69 Å². The van der Waals surface area contributed by atoms with Gasteiger partial charge in [-0.3, -0.25) is 14.6 Å². The number of halogens is 1. The van der Waals surface area contributed by atoms with Gasteiger partial charge in [0.25, 0.3) is 0 Å². The number of rotatable bonds is 5. The fourth-order valence-electron chi connectivity index (χ4n) is 2.95. The number of fused-ring (bicyclic) bond motifs is 1. The number of pyridine rings is 3. The highest BCUT2D eigenvalue weighted by molar-refractivity contribution is 5.89. The van der Waals surface area contributed by atoms with E-state index >= 15 is 0 Å². The molecule has 4 rings (SSSR count). The van der Waals surface area contributed by atoms with Crippen molar-refractivity contribution in [2.45, 2.75) is 26.5 Å². The van der Waals surface area contributed by atoms with Crippen molar-refractivity contribution < 1.29 is 9.50 Å². The van der Waals surface area contributed by atoms with Gasteiger partial charge >= 0.3 is 0 Å². The molecule has 0 fully saturated rings. The maximum atomic E-state index is 14.2. The summed E-state index contributed by atoms with van der Waals surface area (Å²) in [5.41, 5.74) is 4.25. The van der Waals surface area contributed by atoms with Crippen molar-refractivity contribution in [2.75, 3.05) is 5.32 Å². The van der Waals surface area contributed by atoms with Gasteiger partial charge in [-0.05, 0) is 44.2 Å². The molecule has 2 N–H and O–H groups in total. The van der Waals surface area contributed by atoms with Gasteiger partial charge < -0.3 is 10.4 Å². The van der Waals surface area contributed by atoms with Crippen LogP contribution in [0, 0.1) is 12.7 Å². The van der Waals surface area contributed by atoms with Gasteiger partial charge in [-0.15, -0.1) is 0 Å². The van der Waals surface area contributed by atoms with E-state index in [0.29, 0.717) is 23.3 Å². The number of aliphatic hydroxyl groups is 1. The van der Waals surface area contributed by atoms with Crippen molar-refractivity contribution in [2.24, 2.45) is 0 Å². The molecule has 0 amide bonds. The molecule has 7 nitrogen and oxygen atoms in total. The summed E-state index contributed by atoms with van der Waals surface area (Å²) in [6.07, 6.45) is 4.57. The molecule has 0 bridgehead atoms. The van der Waals surface area contributed by atoms with Gasteiger partial charge in [0.05, 0.1) is 30.2 Å². The van der Waals surface area contributed by atoms with Crippen molar-refractivity contribution in [1.29, 1.82) is 0 Å². The quantitative estimate of drug-likeness (QED) is 0.553. The third-order valence-corrected chi connectivity index (χ3v) is 4.17. The molecule has 1 atom stereocenters. The predicted octanol–water partition coefficient (Wildman–Crippen LogP) is 3.46. The van der Waals surface area contributed by atoms with Gasteiger partial charge in [-0.1, -0.05) is 0 Å². The molecule has 0 saturated heterocycles. The number of nitrogens with zero attached hydrogens (tertiary/aromatic N) is 5. The molecule has 8 heteroatoms. The number of aromatic nitrogens is 5. The van der Waals surface area contributed by atoms with Crippen LogP contribution >= 0.6 is 0 Å². The van der Waals surface area contributed by atoms with E-state index in [9.17, 15) is 9.50 Å². The first-order chi connectivity index (χ1) is 13.5. The molecule has 4 aromatic heterocycles. The van der Waals surface area contributed by atoms with Gasteiger partial charge in [-0.25, -0.2) is 9.37 Å². The Morgan fingerprint density at radius 3 is 2.82 bits per heavy atom. The lowest BCUT2D eigenvalue weighted by Crippen LogP contribution is -2.11. The van der Waals surface area contributed by atoms with Crippen LogP contribution in [0.3, 0.4) is 0 Å². The zero-order valence-corrected chi connectivity index (χ0v) is 15.5. The largest absolute Gasteiger partial charge is 0.391 e. The number of nitrogens with one attached hydrogen (secondary N) is 1. The topological polar surface area (TPSA) is 88.8 Å². The first-order valence-electron chi connectivity index (χ1n) is 8.86. The Hall–Kier alpha value is -3.39. The Balaban J connectivity index is 1.68. The molecule has 28 heavy (non-hydrogen) atoms. The minimum absolute atomic E-state index is 0.213. The molecule has 142 valence electrons. The summed E-state index contributed by atoms with van der Waals surface area (Å²) >= 11 is 0. The van der Waals surface area contributed by atoms with E-state index in [1.54, 1.807) is 48.4 Å². The maximum absolute atomic E-state index is 14.2. The lowest BCUT2D eigenvalue weighted by atomic mass is 10.2. The molecule has 0 aliphatic carbocycles. The summed E-state index contributed by atoms with van der Waals surface area (Å²) < 4.78 is 15.8. The van der Waals surface area contributed by atoms with Crippen molar-refractivity contribution in [3.63, 3.8) is 0 Å². The minimum Gasteiger partial charge on any atom is -0.391 e. The number of aryl methyl sites for hydroxylation is 1. The molecule has 0 aliphatic rings. The summed E-state index contributed by atoms with van der Waals surface area (Å²) in [7, 11) is 0. The van der Waals surface area contributed by atoms with Crippen molar-refractivity contribution in [3.8, 4) is 11.4 Å². The van der Waals surface area contributed by atoms with Crippen LogP contribution < -0.4 is 5.32 Å². The summed E-state index contributed by atoms with van der Waals surface area (Å²) in [6, 6.07) is 8.35. The number of hydrogen-bond donors (Lipinski definition) is 2. The van der Waals surface area contributed by atoms with Gasteiger partial charge in [0.1, 0.15) is 16.7 Å². The Morgan fingerprint density at radius 1 is 1.18 bits per heavy atom. The maximum Gasteiger partial charge on any atom is 0.151 e. The Kier molecular flexibility index (Phi) is 4.70. The van der Waals surface area contributed by atoms with Crippen molar-refractivity contribution >= 4 is 22.4 Å². The fourth-order valence-corrected chi connectivity index (χ4v) is 2.95. The summed E-state index contributed by atoms with van der Waals surface area (Å²) in [5, 5.41) is 17.4. The van der Waals surface area contributed by atoms with Gasteiger partial charge in [-0.2, -0.15) is 5.10 Å². The highest BCUT2D eigenvalue weighted by Crippen LogP contribution is 2.26. The second-order valence-corrected chi connectivity index (χ2v) is 6.63. The Morgan fingerprint density at radius 2 is 2.00 bits per heavy atom. The second kappa shape index (κ2) is 7.32. The number of aliphatic hydroxyl groups excluding tert-OH is 1. The van der Waals surface area contributed by atoms with E-state index in [4.69, 9.17) is 0 Å². The lowest BCUT2D eigenvalue weighted by molar-refractivity contribution is 0.169. The Bertz CT molecular complexity index is 1140. The molecule has 0 aliphatic heterocycles. The monoisotopic (exact) mass is 378 g/mol. The van der Waals surface area contributed by atoms with E-state index in [1.165, 1.54) is 6.07 Å². The number of anilines is 2. The fraction of sp³-hybridized carbons (Fsp3) is 0.200. The molecule has 0 aromatic carbocycles. The van der Waals surface area contributed by atoms with Crippen LogP contribution in [0.4, 0.5) is 15.8 Å². The molecule has 4 heterocycles. The van der Waals surface area contributed by atoms with E-state index < -0.39 is 11.9 Å². The van der Waals surface area contributed by atoms with Crippen LogP contribution in [-0.2, 0) is 6.54 Å². The van der Waals surface area contributed by atoms with Crippen LogP contribution in [0.25, 0.3) is 22.4 Å². The van der Waals surface area contributed by atoms with Gasteiger partial charge in [0, 0.05) is 23.8 Å². The minimum atomic E-state index is -0.509. The smallest absolute Gasteiger partial charge is 0.151 e. The summed E-state index contributed by atoms with van der Waals surface area (Å²) in [4.78, 5) is 12.8. The number of hydrogen-bond acceptors (Lipinski definition) is 6. The normalized spacial score (nSPS) is 12.3. The molecule has 4 aromatic rings. The van der Waals surface area contributed by atoms with Crippen LogP contribution in [0.15, 0.2) is 48.9 Å². The van der Waals surface area contributed by atoms with Crippen LogP contribution in [0.5, 0.6) is 0 Å². The standard InChI is InChI=1S/C20H19FN6O/c1-12-3-4-15(21)19(24-12)17-9-14(5-7-22-17)25-16-6-8-23-18-11-27(10-13(2)28)26-20(16)18/h3-9,11,13,28H,10H2,1-2H3,(H,22,25)/t13-/m0/s1. The highest BCUT2D eigenvalue weighted by atomic mass is 19.1. The molecule has 0 unspecified atom stereocenters. The van der Waals surface area contributed by atoms with Crippen molar-refractivity contribution in [1.82, 2.24) is 24.7 Å². The van der Waals surface area contributed by atoms with Crippen molar-refractivity contribution in [3.05, 3.63) is 60.4 Å². The zero-order chi connectivity index (χ0) is 19.7. The van der Waals surface area contributed by atoms with E-state index in [0.717, 1.165) is 17.1 Å². The van der Waals surface area contributed by atoms with Gasteiger partial charge in [0.2, 0.25) is 0 Å². The van der Waals surface area contributed by atoms with Crippen LogP contribution in [-0.4, -0.2) is 35.9 Å². The third-order valence-electron chi connectivity index (χ3n) is 4.17. The van der Waals surface area contributed by atoms with Gasteiger partial charge in [0.15, 0.2) is 5.82 Å². The molecular weight excluding hydrogens is 359 g/mol.